The van der Waals surface area contributed by atoms with Crippen LogP contribution in [0.15, 0.2) is 0 Å². The third-order valence-corrected chi connectivity index (χ3v) is 6.32. The van der Waals surface area contributed by atoms with Gasteiger partial charge in [0, 0.05) is 14.5 Å². The molecule has 0 aliphatic heterocycles. The summed E-state index contributed by atoms with van der Waals surface area (Å²) in [6, 6.07) is 0. The quantitative estimate of drug-likeness (QED) is 0.474. The summed E-state index contributed by atoms with van der Waals surface area (Å²) in [5.41, 5.74) is 0.500. The zero-order valence-corrected chi connectivity index (χ0v) is 9.82. The number of ketones is 1. The molecule has 0 aromatic heterocycles. The maximum absolute atomic E-state index is 11.3. The summed E-state index contributed by atoms with van der Waals surface area (Å²) in [7, 11) is -1.21. The Bertz CT molecular complexity index is 185. The number of carbonyl (C=O) groups is 1. The van der Waals surface area contributed by atoms with Crippen molar-refractivity contribution in [3.05, 3.63) is 0 Å². The van der Waals surface area contributed by atoms with Crippen molar-refractivity contribution < 1.29 is 4.79 Å². The Morgan fingerprint density at radius 1 is 1.42 bits per heavy atom. The SMILES string of the molecule is C[Si](C)(C)C1CCCC(=O)C1Cl. The molecule has 2 unspecified atom stereocenters. The van der Waals surface area contributed by atoms with Gasteiger partial charge < -0.3 is 0 Å². The second-order valence-electron chi connectivity index (χ2n) is 4.73. The van der Waals surface area contributed by atoms with Gasteiger partial charge in [-0.25, -0.2) is 0 Å². The molecule has 0 saturated heterocycles. The Balaban J connectivity index is 2.70. The number of hydrogen-bond acceptors (Lipinski definition) is 1. The molecule has 0 aromatic rings. The van der Waals surface area contributed by atoms with E-state index in [1.807, 2.05) is 0 Å². The number of rotatable bonds is 1. The minimum Gasteiger partial charge on any atom is -0.298 e. The van der Waals surface area contributed by atoms with Gasteiger partial charge in [0.1, 0.15) is 0 Å². The molecule has 1 aliphatic rings. The second kappa shape index (κ2) is 3.50. The van der Waals surface area contributed by atoms with E-state index in [1.54, 1.807) is 0 Å². The minimum atomic E-state index is -1.21. The maximum Gasteiger partial charge on any atom is 0.150 e. The monoisotopic (exact) mass is 204 g/mol. The van der Waals surface area contributed by atoms with Crippen molar-refractivity contribution in [1.82, 2.24) is 0 Å². The lowest BCUT2D eigenvalue weighted by molar-refractivity contribution is -0.119. The summed E-state index contributed by atoms with van der Waals surface area (Å²) >= 11 is 6.10. The molecule has 0 spiro atoms. The van der Waals surface area contributed by atoms with Crippen LogP contribution in [0.1, 0.15) is 19.3 Å². The van der Waals surface area contributed by atoms with E-state index in [0.29, 0.717) is 12.0 Å². The molecule has 0 radical (unpaired) electrons. The van der Waals surface area contributed by atoms with Crippen LogP contribution in [0.5, 0.6) is 0 Å². The highest BCUT2D eigenvalue weighted by Gasteiger charge is 2.38. The highest BCUT2D eigenvalue weighted by atomic mass is 35.5. The Hall–Kier alpha value is 0.177. The lowest BCUT2D eigenvalue weighted by Gasteiger charge is -2.35. The van der Waals surface area contributed by atoms with E-state index in [4.69, 9.17) is 11.6 Å². The Morgan fingerprint density at radius 2 is 2.00 bits per heavy atom. The molecule has 0 N–H and O–H groups in total. The van der Waals surface area contributed by atoms with Gasteiger partial charge in [0.25, 0.3) is 0 Å². The summed E-state index contributed by atoms with van der Waals surface area (Å²) in [5.74, 6) is 0.273. The van der Waals surface area contributed by atoms with Crippen molar-refractivity contribution in [1.29, 1.82) is 0 Å². The van der Waals surface area contributed by atoms with Gasteiger partial charge in [-0.1, -0.05) is 26.1 Å². The van der Waals surface area contributed by atoms with Crippen LogP contribution in [0.2, 0.25) is 25.2 Å². The smallest absolute Gasteiger partial charge is 0.150 e. The van der Waals surface area contributed by atoms with Gasteiger partial charge >= 0.3 is 0 Å². The van der Waals surface area contributed by atoms with Gasteiger partial charge in [0.2, 0.25) is 0 Å². The van der Waals surface area contributed by atoms with Crippen LogP contribution < -0.4 is 0 Å². The number of Topliss-reactive ketones (excluding diaryl/α,β-unsaturated/α-hetero) is 1. The molecule has 1 rings (SSSR count). The fraction of sp³-hybridized carbons (Fsp3) is 0.889. The number of alkyl halides is 1. The molecule has 0 heterocycles. The molecule has 12 heavy (non-hydrogen) atoms. The third kappa shape index (κ3) is 2.11. The largest absolute Gasteiger partial charge is 0.298 e. The van der Waals surface area contributed by atoms with Crippen molar-refractivity contribution in [3.8, 4) is 0 Å². The number of hydrogen-bond donors (Lipinski definition) is 0. The van der Waals surface area contributed by atoms with Gasteiger partial charge in [0.05, 0.1) is 5.38 Å². The number of halogens is 1. The molecule has 1 nitrogen and oxygen atoms in total. The molecule has 1 aliphatic carbocycles. The first-order chi connectivity index (χ1) is 5.43. The summed E-state index contributed by atoms with van der Waals surface area (Å²) in [6.07, 6.45) is 2.92. The van der Waals surface area contributed by atoms with Crippen molar-refractivity contribution in [2.45, 2.75) is 49.8 Å². The first-order valence-electron chi connectivity index (χ1n) is 4.59. The second-order valence-corrected chi connectivity index (χ2v) is 10.7. The van der Waals surface area contributed by atoms with E-state index in [1.165, 1.54) is 0 Å². The average molecular weight is 205 g/mol. The van der Waals surface area contributed by atoms with E-state index >= 15 is 0 Å². The van der Waals surface area contributed by atoms with Gasteiger partial charge in [-0.05, 0) is 12.0 Å². The van der Waals surface area contributed by atoms with Crippen LogP contribution in [0.25, 0.3) is 0 Å². The summed E-state index contributed by atoms with van der Waals surface area (Å²) in [5, 5.41) is -0.176. The molecule has 70 valence electrons. The average Bonchev–Trinajstić information content (AvgIpc) is 1.92. The highest BCUT2D eigenvalue weighted by Crippen LogP contribution is 2.38. The number of carbonyl (C=O) groups excluding carboxylic acids is 1. The van der Waals surface area contributed by atoms with Crippen molar-refractivity contribution >= 4 is 25.5 Å². The van der Waals surface area contributed by atoms with Crippen LogP contribution in [0.3, 0.4) is 0 Å². The van der Waals surface area contributed by atoms with E-state index in [-0.39, 0.29) is 11.2 Å². The summed E-state index contributed by atoms with van der Waals surface area (Å²) < 4.78 is 0. The van der Waals surface area contributed by atoms with Crippen LogP contribution in [0, 0.1) is 0 Å². The predicted octanol–water partition coefficient (Wildman–Crippen LogP) is 3.06. The lowest BCUT2D eigenvalue weighted by atomic mass is 9.98. The Kier molecular flexibility index (Phi) is 3.00. The van der Waals surface area contributed by atoms with Gasteiger partial charge in [-0.3, -0.25) is 4.79 Å². The van der Waals surface area contributed by atoms with Crippen molar-refractivity contribution in [3.63, 3.8) is 0 Å². The minimum absolute atomic E-state index is 0.176. The normalized spacial score (nSPS) is 32.2. The van der Waals surface area contributed by atoms with E-state index < -0.39 is 8.07 Å². The molecular formula is C9H17ClOSi. The van der Waals surface area contributed by atoms with Crippen molar-refractivity contribution in [2.24, 2.45) is 0 Å². The first kappa shape index (κ1) is 10.3. The predicted molar refractivity (Wildman–Crippen MR) is 55.6 cm³/mol. The highest BCUT2D eigenvalue weighted by molar-refractivity contribution is 6.78. The van der Waals surface area contributed by atoms with Crippen LogP contribution in [-0.4, -0.2) is 19.2 Å². The van der Waals surface area contributed by atoms with Gasteiger partial charge in [0.15, 0.2) is 5.78 Å². The van der Waals surface area contributed by atoms with Crippen LogP contribution in [-0.2, 0) is 4.79 Å². The zero-order chi connectivity index (χ0) is 9.35. The molecular weight excluding hydrogens is 188 g/mol. The van der Waals surface area contributed by atoms with E-state index in [0.717, 1.165) is 12.8 Å². The standard InChI is InChI=1S/C9H17ClOSi/c1-12(2,3)8-6-4-5-7(11)9(8)10/h8-9H,4-6H2,1-3H3. The van der Waals surface area contributed by atoms with Gasteiger partial charge in [-0.15, -0.1) is 11.6 Å². The Morgan fingerprint density at radius 3 is 2.42 bits per heavy atom. The Labute approximate surface area is 80.5 Å². The fourth-order valence-corrected chi connectivity index (χ4v) is 5.38. The van der Waals surface area contributed by atoms with E-state index in [2.05, 4.69) is 19.6 Å². The molecule has 1 saturated carbocycles. The van der Waals surface area contributed by atoms with E-state index in [9.17, 15) is 4.79 Å². The molecule has 1 fully saturated rings. The molecule has 3 heteroatoms. The molecule has 0 aromatic carbocycles. The lowest BCUT2D eigenvalue weighted by Crippen LogP contribution is -2.40. The summed E-state index contributed by atoms with van der Waals surface area (Å²) in [6.45, 7) is 6.89. The van der Waals surface area contributed by atoms with Crippen LogP contribution in [0.4, 0.5) is 0 Å². The molecule has 0 bridgehead atoms. The topological polar surface area (TPSA) is 17.1 Å². The third-order valence-electron chi connectivity index (χ3n) is 2.71. The van der Waals surface area contributed by atoms with Crippen LogP contribution >= 0.6 is 11.6 Å². The summed E-state index contributed by atoms with van der Waals surface area (Å²) in [4.78, 5) is 11.3. The van der Waals surface area contributed by atoms with Crippen molar-refractivity contribution in [2.75, 3.05) is 0 Å². The molecule has 0 amide bonds. The maximum atomic E-state index is 11.3. The van der Waals surface area contributed by atoms with Gasteiger partial charge in [-0.2, -0.15) is 0 Å². The fourth-order valence-electron chi connectivity index (χ4n) is 1.88. The first-order valence-corrected chi connectivity index (χ1v) is 8.61. The zero-order valence-electron chi connectivity index (χ0n) is 8.06. The molecule has 2 atom stereocenters.